The first-order chi connectivity index (χ1) is 12.5. The van der Waals surface area contributed by atoms with Crippen LogP contribution in [0.1, 0.15) is 12.0 Å². The topological polar surface area (TPSA) is 47.3 Å². The van der Waals surface area contributed by atoms with Crippen LogP contribution in [0.2, 0.25) is 0 Å². The molecular formula is C20H22FN3OS. The number of thioether (sulfide) groups is 1. The Balaban J connectivity index is 2.05. The fourth-order valence-corrected chi connectivity index (χ4v) is 3.03. The highest BCUT2D eigenvalue weighted by Gasteiger charge is 2.20. The molecule has 0 aliphatic carbocycles. The molecule has 0 saturated heterocycles. The highest BCUT2D eigenvalue weighted by Crippen LogP contribution is 2.20. The van der Waals surface area contributed by atoms with E-state index in [1.165, 1.54) is 15.9 Å². The van der Waals surface area contributed by atoms with E-state index in [1.54, 1.807) is 30.0 Å². The Morgan fingerprint density at radius 1 is 1.19 bits per heavy atom. The van der Waals surface area contributed by atoms with E-state index in [0.29, 0.717) is 6.54 Å². The molecule has 0 N–H and O–H groups in total. The summed E-state index contributed by atoms with van der Waals surface area (Å²) in [6.07, 6.45) is 2.18. The van der Waals surface area contributed by atoms with Crippen LogP contribution in [-0.4, -0.2) is 37.2 Å². The van der Waals surface area contributed by atoms with Crippen LogP contribution in [0.3, 0.4) is 0 Å². The van der Waals surface area contributed by atoms with E-state index in [0.717, 1.165) is 5.56 Å². The molecule has 0 bridgehead atoms. The number of rotatable bonds is 8. The summed E-state index contributed by atoms with van der Waals surface area (Å²) in [5, 5.41) is 8.84. The Morgan fingerprint density at radius 3 is 2.50 bits per heavy atom. The number of likely N-dealkylation sites (N-methyl/N-ethyl adjacent to an activating group) is 1. The summed E-state index contributed by atoms with van der Waals surface area (Å²) in [6, 6.07) is 16.3. The van der Waals surface area contributed by atoms with E-state index in [4.69, 9.17) is 5.26 Å². The number of nitrogens with zero attached hydrogens (tertiary/aromatic N) is 3. The van der Waals surface area contributed by atoms with Crippen molar-refractivity contribution in [2.24, 2.45) is 0 Å². The molecule has 0 aliphatic rings. The van der Waals surface area contributed by atoms with Gasteiger partial charge in [0.25, 0.3) is 0 Å². The monoisotopic (exact) mass is 371 g/mol. The predicted octanol–water partition coefficient (Wildman–Crippen LogP) is 3.93. The second-order valence-electron chi connectivity index (χ2n) is 5.93. The minimum absolute atomic E-state index is 0.143. The number of benzene rings is 2. The molecule has 2 aromatic carbocycles. The molecule has 2 rings (SSSR count). The quantitative estimate of drug-likeness (QED) is 0.660. The van der Waals surface area contributed by atoms with Gasteiger partial charge in [-0.15, -0.1) is 11.8 Å². The summed E-state index contributed by atoms with van der Waals surface area (Å²) in [6.45, 7) is 0.931. The molecule has 0 unspecified atom stereocenters. The van der Waals surface area contributed by atoms with Gasteiger partial charge in [0.1, 0.15) is 5.82 Å². The minimum atomic E-state index is -0.464. The van der Waals surface area contributed by atoms with Crippen molar-refractivity contribution >= 4 is 23.4 Å². The van der Waals surface area contributed by atoms with Crippen LogP contribution in [0, 0.1) is 17.1 Å². The van der Waals surface area contributed by atoms with E-state index < -0.39 is 5.82 Å². The van der Waals surface area contributed by atoms with Gasteiger partial charge in [-0.1, -0.05) is 24.3 Å². The van der Waals surface area contributed by atoms with E-state index in [-0.39, 0.29) is 31.1 Å². The fourth-order valence-electron chi connectivity index (χ4n) is 2.63. The van der Waals surface area contributed by atoms with Crippen LogP contribution in [0.25, 0.3) is 0 Å². The van der Waals surface area contributed by atoms with Crippen molar-refractivity contribution < 1.29 is 9.18 Å². The van der Waals surface area contributed by atoms with E-state index in [9.17, 15) is 9.18 Å². The van der Waals surface area contributed by atoms with Gasteiger partial charge in [0, 0.05) is 18.0 Å². The first-order valence-electron chi connectivity index (χ1n) is 8.28. The van der Waals surface area contributed by atoms with Gasteiger partial charge >= 0.3 is 0 Å². The lowest BCUT2D eigenvalue weighted by atomic mass is 10.2. The average molecular weight is 371 g/mol. The third-order valence-corrected chi connectivity index (χ3v) is 4.65. The van der Waals surface area contributed by atoms with Crippen LogP contribution >= 0.6 is 11.8 Å². The molecule has 0 aliphatic heterocycles. The molecular weight excluding hydrogens is 349 g/mol. The summed E-state index contributed by atoms with van der Waals surface area (Å²) in [5.74, 6) is -0.692. The van der Waals surface area contributed by atoms with Crippen LogP contribution in [-0.2, 0) is 11.3 Å². The largest absolute Gasteiger partial charge is 0.308 e. The maximum Gasteiger partial charge on any atom is 0.241 e. The summed E-state index contributed by atoms with van der Waals surface area (Å²) < 4.78 is 14.1. The van der Waals surface area contributed by atoms with E-state index >= 15 is 0 Å². The maximum atomic E-state index is 14.1. The third kappa shape index (κ3) is 5.58. The van der Waals surface area contributed by atoms with Crippen molar-refractivity contribution in [2.75, 3.05) is 31.3 Å². The van der Waals surface area contributed by atoms with Crippen LogP contribution in [0.15, 0.2) is 53.4 Å². The number of hydrogen-bond acceptors (Lipinski definition) is 4. The lowest BCUT2D eigenvalue weighted by molar-refractivity contribution is -0.119. The Hall–Kier alpha value is -2.36. The molecule has 136 valence electrons. The minimum Gasteiger partial charge on any atom is -0.308 e. The van der Waals surface area contributed by atoms with E-state index in [1.807, 2.05) is 48.5 Å². The van der Waals surface area contributed by atoms with Crippen LogP contribution in [0.4, 0.5) is 10.1 Å². The highest BCUT2D eigenvalue weighted by atomic mass is 32.2. The molecule has 0 heterocycles. The third-order valence-electron chi connectivity index (χ3n) is 3.91. The summed E-state index contributed by atoms with van der Waals surface area (Å²) in [5.41, 5.74) is 1.32. The van der Waals surface area contributed by atoms with Gasteiger partial charge in [-0.05, 0) is 43.1 Å². The first-order valence-corrected chi connectivity index (χ1v) is 9.51. The number of carbonyl (C=O) groups excluding carboxylic acids is 1. The lowest BCUT2D eigenvalue weighted by Gasteiger charge is -2.25. The van der Waals surface area contributed by atoms with Crippen molar-refractivity contribution in [3.63, 3.8) is 0 Å². The second-order valence-corrected chi connectivity index (χ2v) is 6.80. The van der Waals surface area contributed by atoms with Gasteiger partial charge in [0.15, 0.2) is 0 Å². The Morgan fingerprint density at radius 2 is 1.88 bits per heavy atom. The second kappa shape index (κ2) is 9.95. The molecule has 0 aromatic heterocycles. The highest BCUT2D eigenvalue weighted by molar-refractivity contribution is 7.98. The van der Waals surface area contributed by atoms with Crippen molar-refractivity contribution in [1.29, 1.82) is 5.26 Å². The van der Waals surface area contributed by atoms with Gasteiger partial charge in [0.05, 0.1) is 24.7 Å². The molecule has 1 amide bonds. The number of hydrogen-bond donors (Lipinski definition) is 0. The SMILES string of the molecule is CSc1ccc(CN(C)CC(=O)N(CCC#N)c2ccccc2F)cc1. The number of nitriles is 1. The maximum absolute atomic E-state index is 14.1. The van der Waals surface area contributed by atoms with Crippen molar-refractivity contribution in [1.82, 2.24) is 4.90 Å². The van der Waals surface area contributed by atoms with Crippen LogP contribution < -0.4 is 4.90 Å². The Labute approximate surface area is 158 Å². The summed E-state index contributed by atoms with van der Waals surface area (Å²) in [4.78, 5) is 17.1. The van der Waals surface area contributed by atoms with Crippen molar-refractivity contribution in [2.45, 2.75) is 17.9 Å². The normalized spacial score (nSPS) is 10.6. The number of para-hydroxylation sites is 1. The first kappa shape index (κ1) is 20.0. The standard InChI is InChI=1S/C20H22FN3OS/c1-23(14-16-8-10-17(26-2)11-9-16)15-20(25)24(13-5-12-22)19-7-4-3-6-18(19)21/h3-4,6-11H,5,13-15H2,1-2H3. The molecule has 0 radical (unpaired) electrons. The molecule has 0 saturated carbocycles. The Kier molecular flexibility index (Phi) is 7.64. The molecule has 2 aromatic rings. The fraction of sp³-hybridized carbons (Fsp3) is 0.300. The smallest absolute Gasteiger partial charge is 0.241 e. The van der Waals surface area contributed by atoms with Gasteiger partial charge in [0.2, 0.25) is 5.91 Å². The molecule has 26 heavy (non-hydrogen) atoms. The number of amides is 1. The van der Waals surface area contributed by atoms with E-state index in [2.05, 4.69) is 0 Å². The summed E-state index contributed by atoms with van der Waals surface area (Å²) >= 11 is 1.68. The van der Waals surface area contributed by atoms with Gasteiger partial charge in [-0.25, -0.2) is 4.39 Å². The zero-order valence-electron chi connectivity index (χ0n) is 15.0. The van der Waals surface area contributed by atoms with Crippen molar-refractivity contribution in [3.05, 3.63) is 59.9 Å². The molecule has 0 fully saturated rings. The number of halogens is 1. The number of carbonyl (C=O) groups is 1. The average Bonchev–Trinajstić information content (AvgIpc) is 2.64. The zero-order chi connectivity index (χ0) is 18.9. The molecule has 6 heteroatoms. The summed E-state index contributed by atoms with van der Waals surface area (Å²) in [7, 11) is 1.85. The van der Waals surface area contributed by atoms with Crippen LogP contribution in [0.5, 0.6) is 0 Å². The Bertz CT molecular complexity index is 773. The van der Waals surface area contributed by atoms with Crippen molar-refractivity contribution in [3.8, 4) is 6.07 Å². The zero-order valence-corrected chi connectivity index (χ0v) is 15.8. The molecule has 0 spiro atoms. The molecule has 4 nitrogen and oxygen atoms in total. The predicted molar refractivity (Wildman–Crippen MR) is 104 cm³/mol. The van der Waals surface area contributed by atoms with Gasteiger partial charge in [-0.2, -0.15) is 5.26 Å². The molecule has 0 atom stereocenters. The van der Waals surface area contributed by atoms with Gasteiger partial charge in [-0.3, -0.25) is 9.69 Å². The number of anilines is 1. The lowest BCUT2D eigenvalue weighted by Crippen LogP contribution is -2.40. The van der Waals surface area contributed by atoms with Gasteiger partial charge < -0.3 is 4.90 Å².